The second-order valence-corrected chi connectivity index (χ2v) is 4.91. The summed E-state index contributed by atoms with van der Waals surface area (Å²) >= 11 is 0. The van der Waals surface area contributed by atoms with Gasteiger partial charge in [0.25, 0.3) is 5.69 Å². The molecule has 7 heteroatoms. The van der Waals surface area contributed by atoms with E-state index in [1.54, 1.807) is 18.2 Å². The molecule has 2 aromatic carbocycles. The Kier molecular flexibility index (Phi) is 5.48. The largest absolute Gasteiger partial charge is 0.497 e. The van der Waals surface area contributed by atoms with Crippen LogP contribution in [-0.2, 0) is 0 Å². The molecule has 25 heavy (non-hydrogen) atoms. The van der Waals surface area contributed by atoms with Gasteiger partial charge in [-0.1, -0.05) is 12.1 Å². The molecular weight excluding hydrogens is 324 g/mol. The number of carbonyl (C=O) groups is 1. The number of methoxy groups -OCH3 is 2. The summed E-state index contributed by atoms with van der Waals surface area (Å²) in [5.74, 6) is 0.378. The molecule has 0 radical (unpaired) electrons. The van der Waals surface area contributed by atoms with Crippen molar-refractivity contribution in [3.05, 3.63) is 69.3 Å². The van der Waals surface area contributed by atoms with Crippen LogP contribution in [0, 0.1) is 21.4 Å². The maximum Gasteiger partial charge on any atom is 0.270 e. The number of allylic oxidation sites excluding steroid dienone is 1. The molecular formula is C18H14N2O5. The highest BCUT2D eigenvalue weighted by molar-refractivity contribution is 6.14. The van der Waals surface area contributed by atoms with Gasteiger partial charge < -0.3 is 9.47 Å². The van der Waals surface area contributed by atoms with Crippen molar-refractivity contribution < 1.29 is 19.2 Å². The molecule has 0 spiro atoms. The molecule has 0 aliphatic rings. The zero-order chi connectivity index (χ0) is 18.4. The number of hydrogen-bond acceptors (Lipinski definition) is 6. The minimum absolute atomic E-state index is 0.0591. The van der Waals surface area contributed by atoms with Crippen LogP contribution in [0.3, 0.4) is 0 Å². The minimum Gasteiger partial charge on any atom is -0.497 e. The highest BCUT2D eigenvalue weighted by Gasteiger charge is 2.16. The molecule has 0 atom stereocenters. The van der Waals surface area contributed by atoms with Gasteiger partial charge in [0.05, 0.1) is 19.1 Å². The normalized spacial score (nSPS) is 10.7. The Morgan fingerprint density at radius 1 is 1.20 bits per heavy atom. The summed E-state index contributed by atoms with van der Waals surface area (Å²) in [5.41, 5.74) is 0.148. The van der Waals surface area contributed by atoms with Crippen molar-refractivity contribution in [2.45, 2.75) is 0 Å². The van der Waals surface area contributed by atoms with Crippen molar-refractivity contribution in [1.29, 1.82) is 5.26 Å². The standard InChI is InChI=1S/C18H14N2O5/c1-24-16-6-7-17(25-2)13(10-16)8-14(11-19)18(21)12-4-3-5-15(9-12)20(22)23/h3-10H,1-2H3/b14-8+. The third-order valence-electron chi connectivity index (χ3n) is 3.42. The Morgan fingerprint density at radius 3 is 2.56 bits per heavy atom. The van der Waals surface area contributed by atoms with Crippen LogP contribution in [0.5, 0.6) is 11.5 Å². The zero-order valence-electron chi connectivity index (χ0n) is 13.6. The maximum atomic E-state index is 12.5. The van der Waals surface area contributed by atoms with Crippen LogP contribution in [0.2, 0.25) is 0 Å². The number of hydrogen-bond donors (Lipinski definition) is 0. The fourth-order valence-electron chi connectivity index (χ4n) is 2.17. The van der Waals surface area contributed by atoms with Crippen molar-refractivity contribution in [2.75, 3.05) is 14.2 Å². The lowest BCUT2D eigenvalue weighted by molar-refractivity contribution is -0.384. The van der Waals surface area contributed by atoms with Gasteiger partial charge in [0.15, 0.2) is 0 Å². The number of nitro groups is 1. The topological polar surface area (TPSA) is 102 Å². The molecule has 2 aromatic rings. The lowest BCUT2D eigenvalue weighted by atomic mass is 10.0. The molecule has 2 rings (SSSR count). The van der Waals surface area contributed by atoms with E-state index in [1.165, 1.54) is 38.5 Å². The molecule has 0 aliphatic carbocycles. The van der Waals surface area contributed by atoms with Crippen LogP contribution >= 0.6 is 0 Å². The van der Waals surface area contributed by atoms with Crippen molar-refractivity contribution in [2.24, 2.45) is 0 Å². The number of rotatable bonds is 6. The van der Waals surface area contributed by atoms with Crippen LogP contribution in [0.4, 0.5) is 5.69 Å². The van der Waals surface area contributed by atoms with Gasteiger partial charge in [0.1, 0.15) is 23.1 Å². The van der Waals surface area contributed by atoms with Crippen LogP contribution in [-0.4, -0.2) is 24.9 Å². The van der Waals surface area contributed by atoms with E-state index in [9.17, 15) is 20.2 Å². The van der Waals surface area contributed by atoms with Gasteiger partial charge >= 0.3 is 0 Å². The molecule has 0 saturated carbocycles. The summed E-state index contributed by atoms with van der Waals surface area (Å²) in [6.07, 6.45) is 1.36. The van der Waals surface area contributed by atoms with E-state index < -0.39 is 10.7 Å². The third kappa shape index (κ3) is 4.00. The average Bonchev–Trinajstić information content (AvgIpc) is 2.65. The molecule has 0 bridgehead atoms. The Hall–Kier alpha value is -3.66. The van der Waals surface area contributed by atoms with Gasteiger partial charge in [0.2, 0.25) is 5.78 Å². The highest BCUT2D eigenvalue weighted by Crippen LogP contribution is 2.27. The summed E-state index contributed by atoms with van der Waals surface area (Å²) in [4.78, 5) is 22.8. The first-order chi connectivity index (χ1) is 12.0. The summed E-state index contributed by atoms with van der Waals surface area (Å²) in [7, 11) is 2.96. The Labute approximate surface area is 143 Å². The predicted molar refractivity (Wildman–Crippen MR) is 90.6 cm³/mol. The van der Waals surface area contributed by atoms with Gasteiger partial charge in [-0.15, -0.1) is 0 Å². The van der Waals surface area contributed by atoms with Gasteiger partial charge in [-0.05, 0) is 24.3 Å². The number of benzene rings is 2. The van der Waals surface area contributed by atoms with E-state index in [1.807, 2.05) is 6.07 Å². The summed E-state index contributed by atoms with van der Waals surface area (Å²) in [5, 5.41) is 20.2. The van der Waals surface area contributed by atoms with E-state index in [0.717, 1.165) is 6.07 Å². The molecule has 0 fully saturated rings. The molecule has 0 saturated heterocycles. The quantitative estimate of drug-likeness (QED) is 0.263. The van der Waals surface area contributed by atoms with Gasteiger partial charge in [-0.2, -0.15) is 5.26 Å². The molecule has 7 nitrogen and oxygen atoms in total. The fourth-order valence-corrected chi connectivity index (χ4v) is 2.17. The van der Waals surface area contributed by atoms with Gasteiger partial charge in [0, 0.05) is 23.3 Å². The van der Waals surface area contributed by atoms with Crippen LogP contribution < -0.4 is 9.47 Å². The van der Waals surface area contributed by atoms with Crippen molar-refractivity contribution >= 4 is 17.5 Å². The Morgan fingerprint density at radius 2 is 1.96 bits per heavy atom. The highest BCUT2D eigenvalue weighted by atomic mass is 16.6. The monoisotopic (exact) mass is 338 g/mol. The first kappa shape index (κ1) is 17.7. The molecule has 126 valence electrons. The predicted octanol–water partition coefficient (Wildman–Crippen LogP) is 3.40. The van der Waals surface area contributed by atoms with E-state index >= 15 is 0 Å². The van der Waals surface area contributed by atoms with Crippen LogP contribution in [0.15, 0.2) is 48.0 Å². The smallest absolute Gasteiger partial charge is 0.270 e. The van der Waals surface area contributed by atoms with Crippen molar-refractivity contribution in [1.82, 2.24) is 0 Å². The summed E-state index contributed by atoms with van der Waals surface area (Å²) < 4.78 is 10.3. The lowest BCUT2D eigenvalue weighted by Crippen LogP contribution is -2.03. The van der Waals surface area contributed by atoms with Crippen molar-refractivity contribution in [3.63, 3.8) is 0 Å². The zero-order valence-corrected chi connectivity index (χ0v) is 13.6. The fraction of sp³-hybridized carbons (Fsp3) is 0.111. The molecule has 0 heterocycles. The number of nitriles is 1. The van der Waals surface area contributed by atoms with E-state index in [4.69, 9.17) is 9.47 Å². The number of ketones is 1. The second kappa shape index (κ2) is 7.75. The van der Waals surface area contributed by atoms with Gasteiger partial charge in [-0.25, -0.2) is 0 Å². The lowest BCUT2D eigenvalue weighted by Gasteiger charge is -2.08. The van der Waals surface area contributed by atoms with Crippen LogP contribution in [0.1, 0.15) is 15.9 Å². The van der Waals surface area contributed by atoms with Crippen molar-refractivity contribution in [3.8, 4) is 17.6 Å². The molecule has 0 unspecified atom stereocenters. The van der Waals surface area contributed by atoms with Gasteiger partial charge in [-0.3, -0.25) is 14.9 Å². The van der Waals surface area contributed by atoms with Crippen LogP contribution in [0.25, 0.3) is 6.08 Å². The van der Waals surface area contributed by atoms with E-state index in [-0.39, 0.29) is 16.8 Å². The molecule has 0 N–H and O–H groups in total. The number of ether oxygens (including phenoxy) is 2. The van der Waals surface area contributed by atoms with E-state index in [0.29, 0.717) is 17.1 Å². The summed E-state index contributed by atoms with van der Waals surface area (Å²) in [6.45, 7) is 0. The first-order valence-corrected chi connectivity index (χ1v) is 7.13. The number of nitrogens with zero attached hydrogens (tertiary/aromatic N) is 2. The average molecular weight is 338 g/mol. The Bertz CT molecular complexity index is 897. The molecule has 0 aliphatic heterocycles. The number of carbonyl (C=O) groups excluding carboxylic acids is 1. The third-order valence-corrected chi connectivity index (χ3v) is 3.42. The second-order valence-electron chi connectivity index (χ2n) is 4.91. The molecule has 0 amide bonds. The number of nitro benzene ring substituents is 1. The maximum absolute atomic E-state index is 12.5. The first-order valence-electron chi connectivity index (χ1n) is 7.13. The number of non-ortho nitro benzene ring substituents is 1. The SMILES string of the molecule is COc1ccc(OC)c(/C=C(\C#N)C(=O)c2cccc([N+](=O)[O-])c2)c1. The molecule has 0 aromatic heterocycles. The van der Waals surface area contributed by atoms with E-state index in [2.05, 4.69) is 0 Å². The number of Topliss-reactive ketones (excluding diaryl/α,β-unsaturated/α-hetero) is 1. The minimum atomic E-state index is -0.615. The summed E-state index contributed by atoms with van der Waals surface area (Å²) in [6, 6.07) is 12.0. The Balaban J connectivity index is 2.48.